The summed E-state index contributed by atoms with van der Waals surface area (Å²) < 4.78 is 0. The highest BCUT2D eigenvalue weighted by molar-refractivity contribution is 6.04. The van der Waals surface area contributed by atoms with E-state index in [1.807, 2.05) is 26.0 Å². The SMILES string of the molecule is CC1(C)CC[C@]2(C#N)CCC3C(C(=O)C=C4[C@@]3(C)CC[C@H]3C(C)(C)C(=O)C(C#N)=C[C@]43C)C2C1. The first kappa shape index (κ1) is 23.5. The molecule has 7 atom stereocenters. The van der Waals surface area contributed by atoms with Gasteiger partial charge in [0, 0.05) is 16.7 Å². The Kier molecular flexibility index (Phi) is 4.80. The second-order valence-corrected chi connectivity index (χ2v) is 13.9. The summed E-state index contributed by atoms with van der Waals surface area (Å²) in [6.45, 7) is 13.0. The van der Waals surface area contributed by atoms with Gasteiger partial charge in [0.05, 0.1) is 17.1 Å². The van der Waals surface area contributed by atoms with E-state index in [1.54, 1.807) is 0 Å². The molecule has 4 nitrogen and oxygen atoms in total. The van der Waals surface area contributed by atoms with E-state index >= 15 is 0 Å². The summed E-state index contributed by atoms with van der Waals surface area (Å²) in [7, 11) is 0. The summed E-state index contributed by atoms with van der Waals surface area (Å²) >= 11 is 0. The van der Waals surface area contributed by atoms with Crippen molar-refractivity contribution in [1.82, 2.24) is 0 Å². The topological polar surface area (TPSA) is 81.7 Å². The summed E-state index contributed by atoms with van der Waals surface area (Å²) in [5, 5.41) is 20.1. The van der Waals surface area contributed by atoms with Crippen molar-refractivity contribution in [2.24, 2.45) is 50.7 Å². The number of rotatable bonds is 0. The van der Waals surface area contributed by atoms with E-state index in [2.05, 4.69) is 39.8 Å². The fourth-order valence-electron chi connectivity index (χ4n) is 9.47. The number of carbonyl (C=O) groups is 2. The average molecular weight is 459 g/mol. The van der Waals surface area contributed by atoms with Crippen molar-refractivity contribution in [1.29, 1.82) is 10.5 Å². The van der Waals surface area contributed by atoms with Crippen LogP contribution in [0.25, 0.3) is 0 Å². The zero-order valence-electron chi connectivity index (χ0n) is 21.6. The van der Waals surface area contributed by atoms with Crippen molar-refractivity contribution in [2.75, 3.05) is 0 Å². The summed E-state index contributed by atoms with van der Waals surface area (Å²) in [5.41, 5.74) is -0.110. The molecule has 5 aliphatic carbocycles. The van der Waals surface area contributed by atoms with Gasteiger partial charge >= 0.3 is 0 Å². The lowest BCUT2D eigenvalue weighted by atomic mass is 9.38. The first-order valence-electron chi connectivity index (χ1n) is 13.1. The van der Waals surface area contributed by atoms with Crippen molar-refractivity contribution in [3.8, 4) is 12.1 Å². The molecule has 180 valence electrons. The van der Waals surface area contributed by atoms with Crippen LogP contribution in [0.1, 0.15) is 86.5 Å². The van der Waals surface area contributed by atoms with Crippen molar-refractivity contribution in [2.45, 2.75) is 86.5 Å². The van der Waals surface area contributed by atoms with Crippen LogP contribution in [-0.4, -0.2) is 11.6 Å². The van der Waals surface area contributed by atoms with Crippen LogP contribution < -0.4 is 0 Å². The Morgan fingerprint density at radius 1 is 0.912 bits per heavy atom. The second-order valence-electron chi connectivity index (χ2n) is 13.9. The molecule has 0 aromatic heterocycles. The van der Waals surface area contributed by atoms with Gasteiger partial charge in [0.15, 0.2) is 11.6 Å². The molecule has 5 aliphatic rings. The first-order valence-corrected chi connectivity index (χ1v) is 13.1. The molecule has 3 fully saturated rings. The zero-order valence-corrected chi connectivity index (χ0v) is 21.6. The maximum Gasteiger partial charge on any atom is 0.178 e. The van der Waals surface area contributed by atoms with Gasteiger partial charge < -0.3 is 0 Å². The molecule has 5 rings (SSSR count). The standard InChI is InChI=1S/C30H38N2O2/c1-26(2)11-12-30(17-32)10-7-19-24(20(30)15-26)21(33)13-23-28(19,5)9-8-22-27(3,4)25(34)18(16-31)14-29(22,23)6/h13-14,19-20,22,24H,7-12,15H2,1-6H3/t19?,20?,22-,24?,28-,29-,30-/m0/s1. The molecule has 0 spiro atoms. The quantitative estimate of drug-likeness (QED) is 0.424. The van der Waals surface area contributed by atoms with Crippen LogP contribution in [0.15, 0.2) is 23.3 Å². The number of ketones is 2. The maximum absolute atomic E-state index is 14.0. The minimum absolute atomic E-state index is 0.0670. The molecule has 0 aromatic rings. The molecular weight excluding hydrogens is 420 g/mol. The lowest BCUT2D eigenvalue weighted by Gasteiger charge is -2.64. The number of nitriles is 2. The fraction of sp³-hybridized carbons (Fsp3) is 0.733. The van der Waals surface area contributed by atoms with Crippen LogP contribution in [0, 0.1) is 73.4 Å². The molecule has 3 unspecified atom stereocenters. The molecular formula is C30H38N2O2. The van der Waals surface area contributed by atoms with Crippen LogP contribution in [0.5, 0.6) is 0 Å². The number of hydrogen-bond donors (Lipinski definition) is 0. The third-order valence-electron chi connectivity index (χ3n) is 11.3. The normalized spacial score (nSPS) is 46.4. The highest BCUT2D eigenvalue weighted by Gasteiger charge is 2.65. The molecule has 0 aliphatic heterocycles. The van der Waals surface area contributed by atoms with Gasteiger partial charge in [-0.15, -0.1) is 0 Å². The van der Waals surface area contributed by atoms with Gasteiger partial charge in [0.2, 0.25) is 0 Å². The predicted octanol–water partition coefficient (Wildman–Crippen LogP) is 6.34. The highest BCUT2D eigenvalue weighted by Crippen LogP contribution is 2.70. The summed E-state index contributed by atoms with van der Waals surface area (Å²) in [5.74, 6) is 0.425. The number of hydrogen-bond acceptors (Lipinski definition) is 4. The van der Waals surface area contributed by atoms with E-state index in [0.717, 1.165) is 50.5 Å². The smallest absolute Gasteiger partial charge is 0.178 e. The summed E-state index contributed by atoms with van der Waals surface area (Å²) in [6.07, 6.45) is 10.4. The Labute approximate surface area is 204 Å². The van der Waals surface area contributed by atoms with E-state index in [1.165, 1.54) is 0 Å². The Morgan fingerprint density at radius 2 is 1.62 bits per heavy atom. The molecule has 0 amide bonds. The maximum atomic E-state index is 14.0. The lowest BCUT2D eigenvalue weighted by molar-refractivity contribution is -0.142. The molecule has 0 radical (unpaired) electrons. The molecule has 0 saturated heterocycles. The van der Waals surface area contributed by atoms with Crippen molar-refractivity contribution < 1.29 is 9.59 Å². The summed E-state index contributed by atoms with van der Waals surface area (Å²) in [4.78, 5) is 27.1. The second kappa shape index (κ2) is 6.94. The van der Waals surface area contributed by atoms with Crippen molar-refractivity contribution >= 4 is 11.6 Å². The molecule has 4 heteroatoms. The molecule has 3 saturated carbocycles. The van der Waals surface area contributed by atoms with Gasteiger partial charge in [0.1, 0.15) is 6.07 Å². The summed E-state index contributed by atoms with van der Waals surface area (Å²) in [6, 6.07) is 4.89. The third kappa shape index (κ3) is 2.81. The van der Waals surface area contributed by atoms with E-state index in [-0.39, 0.29) is 57.1 Å². The Morgan fingerprint density at radius 3 is 2.26 bits per heavy atom. The number of Topliss-reactive ketones (excluding diaryl/α,β-unsaturated/α-hetero) is 1. The highest BCUT2D eigenvalue weighted by atomic mass is 16.1. The van der Waals surface area contributed by atoms with Gasteiger partial charge in [-0.05, 0) is 79.6 Å². The average Bonchev–Trinajstić information content (AvgIpc) is 2.77. The molecule has 0 aromatic carbocycles. The van der Waals surface area contributed by atoms with E-state index in [0.29, 0.717) is 0 Å². The Hall–Kier alpha value is -2.20. The van der Waals surface area contributed by atoms with Gasteiger partial charge in [0.25, 0.3) is 0 Å². The number of fused-ring (bicyclic) bond motifs is 7. The van der Waals surface area contributed by atoms with Gasteiger partial charge in [-0.25, -0.2) is 0 Å². The first-order chi connectivity index (χ1) is 15.8. The Balaban J connectivity index is 1.66. The van der Waals surface area contributed by atoms with Gasteiger partial charge in [-0.1, -0.05) is 53.2 Å². The van der Waals surface area contributed by atoms with Crippen LogP contribution in [0.3, 0.4) is 0 Å². The lowest BCUT2D eigenvalue weighted by Crippen LogP contribution is -2.60. The predicted molar refractivity (Wildman–Crippen MR) is 130 cm³/mol. The monoisotopic (exact) mass is 458 g/mol. The van der Waals surface area contributed by atoms with Gasteiger partial charge in [-0.2, -0.15) is 10.5 Å². The van der Waals surface area contributed by atoms with E-state index in [9.17, 15) is 20.1 Å². The van der Waals surface area contributed by atoms with Crippen molar-refractivity contribution in [3.63, 3.8) is 0 Å². The Bertz CT molecular complexity index is 1130. The minimum atomic E-state index is -0.632. The zero-order chi connectivity index (χ0) is 24.9. The third-order valence-corrected chi connectivity index (χ3v) is 11.3. The van der Waals surface area contributed by atoms with E-state index < -0.39 is 10.8 Å². The number of allylic oxidation sites excluding steroid dienone is 4. The molecule has 0 bridgehead atoms. The van der Waals surface area contributed by atoms with Crippen molar-refractivity contribution in [3.05, 3.63) is 23.3 Å². The number of nitrogens with zero attached hydrogens (tertiary/aromatic N) is 2. The molecule has 0 N–H and O–H groups in total. The fourth-order valence-corrected chi connectivity index (χ4v) is 9.47. The van der Waals surface area contributed by atoms with Crippen LogP contribution in [-0.2, 0) is 9.59 Å². The van der Waals surface area contributed by atoms with Gasteiger partial charge in [-0.3, -0.25) is 9.59 Å². The largest absolute Gasteiger partial charge is 0.295 e. The van der Waals surface area contributed by atoms with Crippen LogP contribution >= 0.6 is 0 Å². The number of carbonyl (C=O) groups excluding carboxylic acids is 2. The van der Waals surface area contributed by atoms with Crippen LogP contribution in [0.4, 0.5) is 0 Å². The molecule has 34 heavy (non-hydrogen) atoms. The minimum Gasteiger partial charge on any atom is -0.295 e. The van der Waals surface area contributed by atoms with E-state index in [4.69, 9.17) is 0 Å². The molecule has 0 heterocycles. The van der Waals surface area contributed by atoms with Crippen LogP contribution in [0.2, 0.25) is 0 Å².